The Bertz CT molecular complexity index is 1000. The number of carbonyl (C=O) groups is 1. The highest BCUT2D eigenvalue weighted by molar-refractivity contribution is 7.99. The number of carboxylic acids is 1. The fraction of sp³-hybridized carbons (Fsp3) is 0.320. The fourth-order valence-electron chi connectivity index (χ4n) is 3.54. The molecule has 0 aliphatic heterocycles. The second-order valence-corrected chi connectivity index (χ2v) is 8.77. The van der Waals surface area contributed by atoms with Crippen LogP contribution in [0.1, 0.15) is 62.3 Å². The predicted molar refractivity (Wildman–Crippen MR) is 122 cm³/mol. The van der Waals surface area contributed by atoms with Gasteiger partial charge >= 0.3 is 5.97 Å². The number of benzene rings is 2. The van der Waals surface area contributed by atoms with Crippen LogP contribution in [0.2, 0.25) is 0 Å². The first-order chi connectivity index (χ1) is 14.4. The first-order valence-electron chi connectivity index (χ1n) is 10.3. The lowest BCUT2D eigenvalue weighted by Gasteiger charge is -2.19. The van der Waals surface area contributed by atoms with Gasteiger partial charge in [0.1, 0.15) is 0 Å². The van der Waals surface area contributed by atoms with Crippen molar-refractivity contribution in [2.75, 3.05) is 0 Å². The van der Waals surface area contributed by atoms with Crippen LogP contribution in [0.15, 0.2) is 64.6 Å². The Hall–Kier alpha value is -2.66. The molecular weight excluding hydrogens is 392 g/mol. The number of aliphatic carboxylic acids is 1. The minimum Gasteiger partial charge on any atom is -0.481 e. The summed E-state index contributed by atoms with van der Waals surface area (Å²) in [5, 5.41) is 10.5. The molecule has 156 valence electrons. The highest BCUT2D eigenvalue weighted by Gasteiger charge is 2.27. The van der Waals surface area contributed by atoms with Crippen LogP contribution in [-0.4, -0.2) is 21.0 Å². The van der Waals surface area contributed by atoms with Gasteiger partial charge in [-0.25, -0.2) is 9.97 Å². The molecule has 0 aliphatic rings. The summed E-state index contributed by atoms with van der Waals surface area (Å²) in [6.07, 6.45) is 1.34. The van der Waals surface area contributed by atoms with E-state index in [0.29, 0.717) is 17.5 Å². The van der Waals surface area contributed by atoms with Crippen molar-refractivity contribution in [1.29, 1.82) is 0 Å². The summed E-state index contributed by atoms with van der Waals surface area (Å²) in [6.45, 7) is 8.21. The van der Waals surface area contributed by atoms with Gasteiger partial charge in [0.2, 0.25) is 0 Å². The molecule has 0 amide bonds. The summed E-state index contributed by atoms with van der Waals surface area (Å²) in [7, 11) is 0. The molecule has 1 unspecified atom stereocenters. The summed E-state index contributed by atoms with van der Waals surface area (Å²) in [5.74, 6) is -1.01. The van der Waals surface area contributed by atoms with E-state index in [-0.39, 0.29) is 0 Å². The van der Waals surface area contributed by atoms with Crippen molar-refractivity contribution >= 4 is 17.7 Å². The molecule has 3 rings (SSSR count). The average molecular weight is 421 g/mol. The number of nitrogens with zero attached hydrogens (tertiary/aromatic N) is 2. The Balaban J connectivity index is 2.14. The molecular formula is C25H28N2O2S. The van der Waals surface area contributed by atoms with E-state index in [4.69, 9.17) is 4.98 Å². The van der Waals surface area contributed by atoms with Crippen molar-refractivity contribution in [3.8, 4) is 11.3 Å². The zero-order valence-corrected chi connectivity index (χ0v) is 18.7. The minimum atomic E-state index is -0.827. The van der Waals surface area contributed by atoms with Crippen molar-refractivity contribution in [2.24, 2.45) is 0 Å². The first kappa shape index (κ1) is 22.0. The fourth-order valence-corrected chi connectivity index (χ4v) is 4.36. The number of rotatable bonds is 8. The molecule has 1 heterocycles. The third-order valence-corrected chi connectivity index (χ3v) is 6.02. The highest BCUT2D eigenvalue weighted by Crippen LogP contribution is 2.36. The topological polar surface area (TPSA) is 63.1 Å². The molecule has 4 nitrogen and oxygen atoms in total. The lowest BCUT2D eigenvalue weighted by Crippen LogP contribution is -2.16. The van der Waals surface area contributed by atoms with Crippen LogP contribution in [0.3, 0.4) is 0 Å². The highest BCUT2D eigenvalue weighted by atomic mass is 32.2. The average Bonchev–Trinajstić information content (AvgIpc) is 2.73. The summed E-state index contributed by atoms with van der Waals surface area (Å²) < 4.78 is 0. The van der Waals surface area contributed by atoms with E-state index in [1.54, 1.807) is 0 Å². The molecule has 0 aliphatic carbocycles. The van der Waals surface area contributed by atoms with E-state index in [1.807, 2.05) is 56.3 Å². The van der Waals surface area contributed by atoms with Gasteiger partial charge in [-0.1, -0.05) is 69.7 Å². The van der Waals surface area contributed by atoms with Crippen LogP contribution in [-0.2, 0) is 4.79 Å². The van der Waals surface area contributed by atoms with Gasteiger partial charge in [0.15, 0.2) is 5.16 Å². The number of aromatic nitrogens is 2. The third-order valence-electron chi connectivity index (χ3n) is 5.14. The summed E-state index contributed by atoms with van der Waals surface area (Å²) in [5.41, 5.74) is 4.34. The number of hydrogen-bond donors (Lipinski definition) is 1. The maximum Gasteiger partial charge on any atom is 0.311 e. The second kappa shape index (κ2) is 9.90. The van der Waals surface area contributed by atoms with Crippen molar-refractivity contribution in [2.45, 2.75) is 62.4 Å². The van der Waals surface area contributed by atoms with Gasteiger partial charge in [0.05, 0.1) is 11.6 Å². The Morgan fingerprint density at radius 2 is 1.70 bits per heavy atom. The maximum absolute atomic E-state index is 12.1. The van der Waals surface area contributed by atoms with E-state index >= 15 is 0 Å². The molecule has 0 saturated carbocycles. The SMILES string of the molecule is CCCC(C(=O)O)c1c(C)nc(Sc2ccccc2)nc1-c1ccc(C(C)C)cc1. The van der Waals surface area contributed by atoms with Gasteiger partial charge in [0, 0.05) is 21.7 Å². The Morgan fingerprint density at radius 1 is 1.03 bits per heavy atom. The van der Waals surface area contributed by atoms with E-state index in [0.717, 1.165) is 33.8 Å². The first-order valence-corrected chi connectivity index (χ1v) is 11.2. The van der Waals surface area contributed by atoms with Crippen LogP contribution in [0.4, 0.5) is 0 Å². The normalized spacial score (nSPS) is 12.2. The van der Waals surface area contributed by atoms with Crippen molar-refractivity contribution in [1.82, 2.24) is 9.97 Å². The molecule has 3 aromatic rings. The molecule has 1 N–H and O–H groups in total. The minimum absolute atomic E-state index is 0.432. The van der Waals surface area contributed by atoms with Gasteiger partial charge < -0.3 is 5.11 Å². The zero-order valence-electron chi connectivity index (χ0n) is 17.9. The van der Waals surface area contributed by atoms with E-state index in [9.17, 15) is 9.90 Å². The van der Waals surface area contributed by atoms with Gasteiger partial charge in [-0.15, -0.1) is 0 Å². The van der Waals surface area contributed by atoms with E-state index in [1.165, 1.54) is 17.3 Å². The third kappa shape index (κ3) is 5.08. The Kier molecular flexibility index (Phi) is 7.27. The Labute approximate surface area is 182 Å². The smallest absolute Gasteiger partial charge is 0.311 e. The molecule has 1 atom stereocenters. The predicted octanol–water partition coefficient (Wildman–Crippen LogP) is 6.69. The van der Waals surface area contributed by atoms with Gasteiger partial charge in [-0.05, 0) is 48.7 Å². The summed E-state index contributed by atoms with van der Waals surface area (Å²) >= 11 is 1.49. The van der Waals surface area contributed by atoms with Gasteiger partial charge in [-0.2, -0.15) is 0 Å². The van der Waals surface area contributed by atoms with Gasteiger partial charge in [-0.3, -0.25) is 4.79 Å². The largest absolute Gasteiger partial charge is 0.481 e. The molecule has 0 fully saturated rings. The van der Waals surface area contributed by atoms with Crippen LogP contribution in [0.25, 0.3) is 11.3 Å². The quantitative estimate of drug-likeness (QED) is 0.411. The number of aryl methyl sites for hydroxylation is 1. The van der Waals surface area contributed by atoms with Crippen LogP contribution >= 0.6 is 11.8 Å². The second-order valence-electron chi connectivity index (χ2n) is 7.73. The monoisotopic (exact) mass is 420 g/mol. The van der Waals surface area contributed by atoms with Crippen LogP contribution in [0, 0.1) is 6.92 Å². The van der Waals surface area contributed by atoms with Crippen molar-refractivity contribution in [3.63, 3.8) is 0 Å². The maximum atomic E-state index is 12.1. The van der Waals surface area contributed by atoms with Crippen molar-refractivity contribution in [3.05, 3.63) is 71.4 Å². The number of carboxylic acid groups (broad SMARTS) is 1. The lowest BCUT2D eigenvalue weighted by atomic mass is 9.89. The van der Waals surface area contributed by atoms with Crippen molar-refractivity contribution < 1.29 is 9.90 Å². The molecule has 2 aromatic carbocycles. The summed E-state index contributed by atoms with van der Waals surface area (Å²) in [4.78, 5) is 22.7. The standard InChI is InChI=1S/C25H28N2O2S/c1-5-9-21(24(28)29)22-17(4)26-25(30-20-10-7-6-8-11-20)27-23(22)19-14-12-18(13-15-19)16(2)3/h6-8,10-16,21H,5,9H2,1-4H3,(H,28,29). The Morgan fingerprint density at radius 3 is 2.27 bits per heavy atom. The molecule has 0 radical (unpaired) electrons. The molecule has 0 saturated heterocycles. The zero-order chi connectivity index (χ0) is 21.7. The van der Waals surface area contributed by atoms with Crippen LogP contribution < -0.4 is 0 Å². The van der Waals surface area contributed by atoms with Gasteiger partial charge in [0.25, 0.3) is 0 Å². The molecule has 5 heteroatoms. The van der Waals surface area contributed by atoms with E-state index in [2.05, 4.69) is 31.0 Å². The molecule has 30 heavy (non-hydrogen) atoms. The molecule has 0 bridgehead atoms. The summed E-state index contributed by atoms with van der Waals surface area (Å²) in [6, 6.07) is 18.3. The lowest BCUT2D eigenvalue weighted by molar-refractivity contribution is -0.139. The molecule has 1 aromatic heterocycles. The number of hydrogen-bond acceptors (Lipinski definition) is 4. The van der Waals surface area contributed by atoms with E-state index < -0.39 is 11.9 Å². The van der Waals surface area contributed by atoms with Crippen LogP contribution in [0.5, 0.6) is 0 Å². The molecule has 0 spiro atoms.